The molecule has 0 radical (unpaired) electrons. The lowest BCUT2D eigenvalue weighted by Crippen LogP contribution is -2.11. The predicted octanol–water partition coefficient (Wildman–Crippen LogP) is 4.64. The molecule has 0 saturated heterocycles. The van der Waals surface area contributed by atoms with Crippen molar-refractivity contribution in [3.05, 3.63) is 59.4 Å². The molecule has 7 heteroatoms. The highest BCUT2D eigenvalue weighted by Crippen LogP contribution is 2.27. The highest BCUT2D eigenvalue weighted by Gasteiger charge is 2.13. The van der Waals surface area contributed by atoms with Crippen LogP contribution in [0, 0.1) is 5.82 Å². The number of hydrogen-bond donors (Lipinski definition) is 1. The molecule has 1 heterocycles. The Morgan fingerprint density at radius 2 is 2.04 bits per heavy atom. The number of unbranched alkanes of at least 4 members (excludes halogenated alkanes) is 1. The third-order valence-electron chi connectivity index (χ3n) is 3.66. The minimum atomic E-state index is -0.479. The maximum atomic E-state index is 13.2. The number of nitrogens with one attached hydrogen (secondary N) is 1. The molecule has 1 N–H and O–H groups in total. The molecular weight excluding hydrogens is 355 g/mol. The van der Waals surface area contributed by atoms with Crippen LogP contribution in [0.15, 0.2) is 42.5 Å². The monoisotopic (exact) mass is 372 g/mol. The van der Waals surface area contributed by atoms with Crippen molar-refractivity contribution in [1.82, 2.24) is 4.98 Å². The van der Waals surface area contributed by atoms with Gasteiger partial charge in [-0.2, -0.15) is 0 Å². The summed E-state index contributed by atoms with van der Waals surface area (Å²) in [4.78, 5) is 28.5. The number of carbonyl (C=O) groups excluding carboxylic acids is 2. The molecule has 3 aromatic rings. The van der Waals surface area contributed by atoms with E-state index in [4.69, 9.17) is 4.74 Å². The van der Waals surface area contributed by atoms with Gasteiger partial charge < -0.3 is 4.74 Å². The van der Waals surface area contributed by atoms with Gasteiger partial charge in [0.2, 0.25) is 0 Å². The summed E-state index contributed by atoms with van der Waals surface area (Å²) in [6.45, 7) is 2.42. The van der Waals surface area contributed by atoms with Gasteiger partial charge in [0, 0.05) is 5.56 Å². The fourth-order valence-electron chi connectivity index (χ4n) is 2.30. The molecule has 0 aliphatic carbocycles. The number of halogens is 1. The largest absolute Gasteiger partial charge is 0.462 e. The number of fused-ring (bicyclic) bond motifs is 1. The minimum Gasteiger partial charge on any atom is -0.462 e. The van der Waals surface area contributed by atoms with E-state index in [9.17, 15) is 14.0 Å². The Kier molecular flexibility index (Phi) is 5.58. The van der Waals surface area contributed by atoms with Crippen molar-refractivity contribution >= 4 is 38.6 Å². The van der Waals surface area contributed by atoms with E-state index in [-0.39, 0.29) is 11.5 Å². The van der Waals surface area contributed by atoms with Crippen molar-refractivity contribution in [2.75, 3.05) is 11.9 Å². The van der Waals surface area contributed by atoms with Crippen LogP contribution in [0.5, 0.6) is 0 Å². The molecule has 1 amide bonds. The number of benzene rings is 2. The molecule has 0 unspecified atom stereocenters. The molecule has 134 valence electrons. The van der Waals surface area contributed by atoms with Gasteiger partial charge in [-0.3, -0.25) is 10.1 Å². The molecule has 0 atom stereocenters. The van der Waals surface area contributed by atoms with Crippen LogP contribution in [-0.4, -0.2) is 23.5 Å². The van der Waals surface area contributed by atoms with E-state index in [0.717, 1.165) is 23.6 Å². The van der Waals surface area contributed by atoms with Crippen LogP contribution < -0.4 is 5.32 Å². The molecular formula is C19H17FN2O3S. The van der Waals surface area contributed by atoms with Crippen molar-refractivity contribution < 1.29 is 18.7 Å². The van der Waals surface area contributed by atoms with Gasteiger partial charge in [0.05, 0.1) is 22.4 Å². The number of amides is 1. The van der Waals surface area contributed by atoms with Gasteiger partial charge in [-0.25, -0.2) is 14.2 Å². The summed E-state index contributed by atoms with van der Waals surface area (Å²) in [6, 6.07) is 10.5. The Bertz CT molecular complexity index is 955. The van der Waals surface area contributed by atoms with Gasteiger partial charge in [0.1, 0.15) is 5.82 Å². The van der Waals surface area contributed by atoms with E-state index in [0.29, 0.717) is 22.8 Å². The maximum Gasteiger partial charge on any atom is 0.338 e. The fraction of sp³-hybridized carbons (Fsp3) is 0.211. The van der Waals surface area contributed by atoms with Crippen molar-refractivity contribution in [1.29, 1.82) is 0 Å². The van der Waals surface area contributed by atoms with Crippen LogP contribution in [0.3, 0.4) is 0 Å². The quantitative estimate of drug-likeness (QED) is 0.505. The molecule has 0 fully saturated rings. The third-order valence-corrected chi connectivity index (χ3v) is 4.60. The summed E-state index contributed by atoms with van der Waals surface area (Å²) in [5.41, 5.74) is 1.32. The molecule has 5 nitrogen and oxygen atoms in total. The topological polar surface area (TPSA) is 68.3 Å². The number of anilines is 1. The van der Waals surface area contributed by atoms with E-state index in [1.807, 2.05) is 6.92 Å². The first-order chi connectivity index (χ1) is 12.6. The number of rotatable bonds is 6. The Morgan fingerprint density at radius 1 is 1.19 bits per heavy atom. The van der Waals surface area contributed by atoms with Crippen LogP contribution in [0.4, 0.5) is 9.52 Å². The van der Waals surface area contributed by atoms with Gasteiger partial charge in [0.25, 0.3) is 5.91 Å². The van der Waals surface area contributed by atoms with Gasteiger partial charge in [-0.05, 0) is 42.8 Å². The number of aromatic nitrogens is 1. The highest BCUT2D eigenvalue weighted by molar-refractivity contribution is 7.22. The summed E-state index contributed by atoms with van der Waals surface area (Å²) in [7, 11) is 0. The first-order valence-corrected chi connectivity index (χ1v) is 9.03. The third kappa shape index (κ3) is 4.23. The van der Waals surface area contributed by atoms with E-state index >= 15 is 0 Å². The molecule has 0 bridgehead atoms. The van der Waals surface area contributed by atoms with Crippen molar-refractivity contribution in [3.63, 3.8) is 0 Å². The average Bonchev–Trinajstić information content (AvgIpc) is 3.03. The van der Waals surface area contributed by atoms with E-state index in [1.165, 1.54) is 29.5 Å². The van der Waals surface area contributed by atoms with Crippen molar-refractivity contribution in [2.45, 2.75) is 19.8 Å². The first kappa shape index (κ1) is 18.0. The summed E-state index contributed by atoms with van der Waals surface area (Å²) < 4.78 is 19.2. The maximum absolute atomic E-state index is 13.2. The average molecular weight is 372 g/mol. The molecule has 2 aromatic carbocycles. The lowest BCUT2D eigenvalue weighted by atomic mass is 10.2. The lowest BCUT2D eigenvalue weighted by Gasteiger charge is -2.03. The molecule has 0 spiro atoms. The Labute approximate surface area is 153 Å². The normalized spacial score (nSPS) is 10.7. The van der Waals surface area contributed by atoms with Gasteiger partial charge in [-0.1, -0.05) is 30.7 Å². The molecule has 0 aliphatic heterocycles. The smallest absolute Gasteiger partial charge is 0.338 e. The number of carbonyl (C=O) groups is 2. The summed E-state index contributed by atoms with van der Waals surface area (Å²) >= 11 is 1.24. The molecule has 3 rings (SSSR count). The van der Waals surface area contributed by atoms with E-state index < -0.39 is 11.7 Å². The molecule has 1 aromatic heterocycles. The second kappa shape index (κ2) is 8.05. The van der Waals surface area contributed by atoms with Crippen molar-refractivity contribution in [3.8, 4) is 0 Å². The Morgan fingerprint density at radius 3 is 2.81 bits per heavy atom. The minimum absolute atomic E-state index is 0.212. The highest BCUT2D eigenvalue weighted by atomic mass is 32.1. The van der Waals surface area contributed by atoms with E-state index in [1.54, 1.807) is 18.2 Å². The molecule has 0 aliphatic rings. The second-order valence-corrected chi connectivity index (χ2v) is 6.69. The standard InChI is InChI=1S/C19H17FN2O3S/c1-2-3-9-25-18(24)13-7-8-15-16(11-13)26-19(21-15)22-17(23)12-5-4-6-14(20)10-12/h4-8,10-11H,2-3,9H2,1H3,(H,21,22,23). The van der Waals surface area contributed by atoms with Crippen LogP contribution in [-0.2, 0) is 4.74 Å². The summed E-state index contributed by atoms with van der Waals surface area (Å²) in [5.74, 6) is -1.30. The lowest BCUT2D eigenvalue weighted by molar-refractivity contribution is 0.0500. The van der Waals surface area contributed by atoms with Gasteiger partial charge >= 0.3 is 5.97 Å². The zero-order valence-electron chi connectivity index (χ0n) is 14.1. The fourth-order valence-corrected chi connectivity index (χ4v) is 3.20. The first-order valence-electron chi connectivity index (χ1n) is 8.21. The van der Waals surface area contributed by atoms with Crippen LogP contribution >= 0.6 is 11.3 Å². The number of thiazole rings is 1. The van der Waals surface area contributed by atoms with Crippen LogP contribution in [0.1, 0.15) is 40.5 Å². The van der Waals surface area contributed by atoms with Crippen molar-refractivity contribution in [2.24, 2.45) is 0 Å². The predicted molar refractivity (Wildman–Crippen MR) is 99.2 cm³/mol. The van der Waals surface area contributed by atoms with Crippen LogP contribution in [0.25, 0.3) is 10.2 Å². The van der Waals surface area contributed by atoms with Crippen LogP contribution in [0.2, 0.25) is 0 Å². The van der Waals surface area contributed by atoms with Gasteiger partial charge in [-0.15, -0.1) is 0 Å². The molecule has 0 saturated carbocycles. The van der Waals surface area contributed by atoms with E-state index in [2.05, 4.69) is 10.3 Å². The Balaban J connectivity index is 1.74. The Hall–Kier alpha value is -2.80. The zero-order valence-corrected chi connectivity index (χ0v) is 14.9. The number of hydrogen-bond acceptors (Lipinski definition) is 5. The summed E-state index contributed by atoms with van der Waals surface area (Å²) in [5, 5.41) is 3.03. The SMILES string of the molecule is CCCCOC(=O)c1ccc2nc(NC(=O)c3cccc(F)c3)sc2c1. The zero-order chi connectivity index (χ0) is 18.5. The van der Waals surface area contributed by atoms with Gasteiger partial charge in [0.15, 0.2) is 5.13 Å². The number of nitrogens with zero attached hydrogens (tertiary/aromatic N) is 1. The second-order valence-electron chi connectivity index (χ2n) is 5.66. The number of esters is 1. The number of ether oxygens (including phenoxy) is 1. The molecule has 26 heavy (non-hydrogen) atoms. The summed E-state index contributed by atoms with van der Waals surface area (Å²) in [6.07, 6.45) is 1.78.